The van der Waals surface area contributed by atoms with Gasteiger partial charge in [-0.1, -0.05) is 0 Å². The summed E-state index contributed by atoms with van der Waals surface area (Å²) in [6.45, 7) is 1.78. The Morgan fingerprint density at radius 2 is 2.56 bits per heavy atom. The van der Waals surface area contributed by atoms with Crippen molar-refractivity contribution in [3.63, 3.8) is 0 Å². The first-order chi connectivity index (χ1) is 4.20. The summed E-state index contributed by atoms with van der Waals surface area (Å²) in [7, 11) is -0.746. The van der Waals surface area contributed by atoms with E-state index in [1.54, 1.807) is 12.3 Å². The molecule has 0 saturated carbocycles. The minimum Gasteiger partial charge on any atom is -0.437 e. The summed E-state index contributed by atoms with van der Waals surface area (Å²) < 4.78 is 0. The second kappa shape index (κ2) is 2.14. The van der Waals surface area contributed by atoms with E-state index in [1.165, 1.54) is 5.51 Å². The maximum atomic E-state index is 10.2. The Kier molecular flexibility index (Phi) is 1.48. The summed E-state index contributed by atoms with van der Waals surface area (Å²) >= 11 is 0. The number of hydrogen-bond acceptors (Lipinski definition) is 2. The van der Waals surface area contributed by atoms with Gasteiger partial charge >= 0.3 is 5.30 Å². The Bertz CT molecular complexity index is 231. The Balaban J connectivity index is 2.98. The fourth-order valence-corrected chi connectivity index (χ4v) is 1.44. The van der Waals surface area contributed by atoms with Crippen LogP contribution in [0.3, 0.4) is 0 Å². The van der Waals surface area contributed by atoms with Gasteiger partial charge < -0.3 is 5.11 Å². The van der Waals surface area contributed by atoms with Crippen molar-refractivity contribution in [3.8, 4) is 0 Å². The summed E-state index contributed by atoms with van der Waals surface area (Å²) in [5.41, 5.74) is 2.25. The fourth-order valence-electron chi connectivity index (χ4n) is 0.480. The van der Waals surface area contributed by atoms with E-state index in [4.69, 9.17) is 5.11 Å². The Morgan fingerprint density at radius 3 is 2.78 bits per heavy atom. The molecule has 0 aliphatic carbocycles. The molecule has 1 aromatic heterocycles. The number of aryl methyl sites for hydroxylation is 1. The molecule has 4 heteroatoms. The van der Waals surface area contributed by atoms with E-state index in [0.29, 0.717) is 0 Å². The third-order valence-corrected chi connectivity index (χ3v) is 2.20. The highest BCUT2D eigenvalue weighted by atomic mass is 32.2. The van der Waals surface area contributed by atoms with Crippen molar-refractivity contribution in [1.82, 2.24) is 4.98 Å². The average molecular weight is 144 g/mol. The van der Waals surface area contributed by atoms with Crippen molar-refractivity contribution in [3.05, 3.63) is 16.6 Å². The quantitative estimate of drug-likeness (QED) is 0.610. The number of nitrogens with zero attached hydrogens (tertiary/aromatic N) is 1. The highest BCUT2D eigenvalue weighted by molar-refractivity contribution is 7.48. The molecule has 48 valence electrons. The second-order valence-corrected chi connectivity index (χ2v) is 3.17. The Labute approximate surface area is 54.9 Å². The highest BCUT2D eigenvalue weighted by Gasteiger charge is 2.14. The smallest absolute Gasteiger partial charge is 0.437 e. The molecule has 1 atom stereocenters. The number of hydrogen-bond donors (Lipinski definition) is 1. The van der Waals surface area contributed by atoms with E-state index < -0.39 is 15.8 Å². The lowest BCUT2D eigenvalue weighted by Crippen LogP contribution is -1.79. The van der Waals surface area contributed by atoms with Crippen molar-refractivity contribution >= 4 is 15.8 Å². The average Bonchev–Trinajstić information content (AvgIpc) is 2.14. The molecule has 1 aromatic rings. The van der Waals surface area contributed by atoms with Gasteiger partial charge in [-0.2, -0.15) is 4.79 Å². The van der Waals surface area contributed by atoms with E-state index >= 15 is 0 Å². The molecule has 0 fully saturated rings. The first-order valence-electron chi connectivity index (χ1n) is 2.37. The zero-order valence-corrected chi connectivity index (χ0v) is 5.68. The van der Waals surface area contributed by atoms with Crippen molar-refractivity contribution in [2.24, 2.45) is 0 Å². The number of carbonyl (C=O) groups is 1. The lowest BCUT2D eigenvalue weighted by atomic mass is 10.6. The van der Waals surface area contributed by atoms with Gasteiger partial charge in [0.05, 0.1) is 5.69 Å². The molecule has 1 rings (SSSR count). The molecule has 0 saturated heterocycles. The normalized spacial score (nSPS) is 11.4. The van der Waals surface area contributed by atoms with Crippen molar-refractivity contribution in [2.75, 3.05) is 0 Å². The van der Waals surface area contributed by atoms with Gasteiger partial charge in [0, 0.05) is 0 Å². The van der Waals surface area contributed by atoms with E-state index in [2.05, 4.69) is 4.98 Å². The van der Waals surface area contributed by atoms with Gasteiger partial charge in [-0.25, -0.2) is 4.98 Å². The molecule has 0 radical (unpaired) electrons. The Hall–Kier alpha value is -0.900. The third kappa shape index (κ3) is 1.26. The lowest BCUT2D eigenvalue weighted by molar-refractivity contribution is 0.221. The van der Waals surface area contributed by atoms with Crippen LogP contribution in [0.25, 0.3) is 0 Å². The summed E-state index contributed by atoms with van der Waals surface area (Å²) in [6.07, 6.45) is 0. The number of carboxylic acid groups (broad SMARTS) is 1. The SMILES string of the molecule is Cc1c[s+](C(=O)O)cn1. The van der Waals surface area contributed by atoms with Crippen LogP contribution < -0.4 is 0 Å². The first kappa shape index (κ1) is 6.22. The molecule has 0 aliphatic rings. The predicted octanol–water partition coefficient (Wildman–Crippen LogP) is 1.67. The molecule has 0 aromatic carbocycles. The van der Waals surface area contributed by atoms with Crippen LogP contribution in [0.2, 0.25) is 0 Å². The van der Waals surface area contributed by atoms with Gasteiger partial charge in [0.1, 0.15) is 10.5 Å². The number of rotatable bonds is 1. The summed E-state index contributed by atoms with van der Waals surface area (Å²) in [6, 6.07) is 0. The molecule has 3 nitrogen and oxygen atoms in total. The van der Waals surface area contributed by atoms with Crippen molar-refractivity contribution < 1.29 is 9.90 Å². The Morgan fingerprint density at radius 1 is 1.89 bits per heavy atom. The van der Waals surface area contributed by atoms with Gasteiger partial charge in [0.25, 0.3) is 0 Å². The van der Waals surface area contributed by atoms with Gasteiger partial charge in [-0.3, -0.25) is 0 Å². The van der Waals surface area contributed by atoms with Crippen LogP contribution in [-0.2, 0) is 0 Å². The van der Waals surface area contributed by atoms with Crippen LogP contribution in [0.1, 0.15) is 5.69 Å². The van der Waals surface area contributed by atoms with Crippen LogP contribution in [0, 0.1) is 6.92 Å². The molecular weight excluding hydrogens is 138 g/mol. The van der Waals surface area contributed by atoms with Crippen molar-refractivity contribution in [1.29, 1.82) is 0 Å². The number of aromatic nitrogens is 1. The maximum absolute atomic E-state index is 10.2. The number of thiazole rings is 1. The van der Waals surface area contributed by atoms with Crippen LogP contribution in [0.5, 0.6) is 0 Å². The van der Waals surface area contributed by atoms with E-state index in [1.807, 2.05) is 0 Å². The van der Waals surface area contributed by atoms with Gasteiger partial charge in [0.2, 0.25) is 5.51 Å². The molecule has 1 unspecified atom stereocenters. The monoisotopic (exact) mass is 144 g/mol. The largest absolute Gasteiger partial charge is 0.553 e. The zero-order chi connectivity index (χ0) is 6.85. The van der Waals surface area contributed by atoms with E-state index in [9.17, 15) is 4.79 Å². The van der Waals surface area contributed by atoms with Gasteiger partial charge in [-0.05, 0) is 6.92 Å². The second-order valence-electron chi connectivity index (χ2n) is 1.63. The topological polar surface area (TPSA) is 50.2 Å². The molecule has 0 bridgehead atoms. The van der Waals surface area contributed by atoms with Crippen LogP contribution >= 0.6 is 10.5 Å². The van der Waals surface area contributed by atoms with Crippen molar-refractivity contribution in [2.45, 2.75) is 6.92 Å². The molecular formula is C5H6NO2S+. The summed E-state index contributed by atoms with van der Waals surface area (Å²) in [5.74, 6) is 0. The predicted molar refractivity (Wildman–Crippen MR) is 34.9 cm³/mol. The molecule has 1 heterocycles. The minimum absolute atomic E-state index is 0.746. The fraction of sp³-hybridized carbons (Fsp3) is 0.200. The minimum atomic E-state index is -0.810. The molecule has 0 spiro atoms. The third-order valence-electron chi connectivity index (χ3n) is 0.869. The molecule has 0 amide bonds. The van der Waals surface area contributed by atoms with Crippen LogP contribution in [-0.4, -0.2) is 15.4 Å². The lowest BCUT2D eigenvalue weighted by Gasteiger charge is -1.67. The maximum Gasteiger partial charge on any atom is 0.553 e. The highest BCUT2D eigenvalue weighted by Crippen LogP contribution is 2.16. The summed E-state index contributed by atoms with van der Waals surface area (Å²) in [4.78, 5) is 14.0. The van der Waals surface area contributed by atoms with Crippen LogP contribution in [0.4, 0.5) is 4.79 Å². The molecule has 0 aliphatic heterocycles. The molecule has 9 heavy (non-hydrogen) atoms. The zero-order valence-electron chi connectivity index (χ0n) is 4.87. The standard InChI is InChI=1S/C5H5NO2S/c1-4-2-9(3-6-4)5(7)8/h2-3H,1H3/p+1. The van der Waals surface area contributed by atoms with Gasteiger partial charge in [0.15, 0.2) is 5.38 Å². The van der Waals surface area contributed by atoms with E-state index in [-0.39, 0.29) is 0 Å². The van der Waals surface area contributed by atoms with Gasteiger partial charge in [-0.15, -0.1) is 0 Å². The first-order valence-corrected chi connectivity index (χ1v) is 3.72. The molecule has 1 N–H and O–H groups in total. The summed E-state index contributed by atoms with van der Waals surface area (Å²) in [5, 5.41) is 9.24. The van der Waals surface area contributed by atoms with Crippen LogP contribution in [0.15, 0.2) is 10.9 Å². The van der Waals surface area contributed by atoms with E-state index in [0.717, 1.165) is 5.69 Å².